The molecule has 0 aromatic carbocycles. The lowest BCUT2D eigenvalue weighted by atomic mass is 10.4. The van der Waals surface area contributed by atoms with Gasteiger partial charge in [-0.25, -0.2) is 9.97 Å². The van der Waals surface area contributed by atoms with Gasteiger partial charge in [0.2, 0.25) is 0 Å². The van der Waals surface area contributed by atoms with Crippen LogP contribution in [0.2, 0.25) is 0 Å². The molecule has 3 heteroatoms. The Hall–Kier alpha value is -1.38. The zero-order chi connectivity index (χ0) is 9.54. The minimum absolute atomic E-state index is 0.712. The van der Waals surface area contributed by atoms with Gasteiger partial charge in [-0.3, -0.25) is 0 Å². The van der Waals surface area contributed by atoms with Crippen LogP contribution in [0.15, 0.2) is 18.5 Å². The van der Waals surface area contributed by atoms with E-state index in [2.05, 4.69) is 33.7 Å². The summed E-state index contributed by atoms with van der Waals surface area (Å²) in [5.41, 5.74) is 2.27. The second kappa shape index (κ2) is 2.80. The first-order valence-electron chi connectivity index (χ1n) is 5.21. The predicted octanol–water partition coefficient (Wildman–Crippen LogP) is 2.33. The molecule has 0 radical (unpaired) electrons. The lowest BCUT2D eigenvalue weighted by molar-refractivity contribution is 0.772. The highest BCUT2D eigenvalue weighted by atomic mass is 15.1. The zero-order valence-corrected chi connectivity index (χ0v) is 8.27. The van der Waals surface area contributed by atoms with E-state index in [4.69, 9.17) is 0 Å². The maximum atomic E-state index is 4.49. The van der Waals surface area contributed by atoms with Gasteiger partial charge in [-0.05, 0) is 18.9 Å². The minimum atomic E-state index is 0.712. The third kappa shape index (κ3) is 1.12. The molecule has 1 aliphatic carbocycles. The summed E-state index contributed by atoms with van der Waals surface area (Å²) in [7, 11) is 0. The lowest BCUT2D eigenvalue weighted by Crippen LogP contribution is -1.95. The monoisotopic (exact) mass is 187 g/mol. The summed E-state index contributed by atoms with van der Waals surface area (Å²) in [4.78, 5) is 8.83. The van der Waals surface area contributed by atoms with E-state index in [0.29, 0.717) is 6.04 Å². The van der Waals surface area contributed by atoms with Gasteiger partial charge >= 0.3 is 0 Å². The fourth-order valence-electron chi connectivity index (χ4n) is 1.82. The van der Waals surface area contributed by atoms with Crippen LogP contribution in [0, 0.1) is 0 Å². The Kier molecular flexibility index (Phi) is 1.60. The van der Waals surface area contributed by atoms with Crippen molar-refractivity contribution in [3.63, 3.8) is 0 Å². The number of aromatic nitrogens is 3. The summed E-state index contributed by atoms with van der Waals surface area (Å²) >= 11 is 0. The molecule has 0 aliphatic heterocycles. The SMILES string of the molecule is CCc1ncc2c(ccn2C2CC2)n1. The Morgan fingerprint density at radius 3 is 3.07 bits per heavy atom. The van der Waals surface area contributed by atoms with Crippen molar-refractivity contribution in [2.45, 2.75) is 32.2 Å². The number of hydrogen-bond acceptors (Lipinski definition) is 2. The quantitative estimate of drug-likeness (QED) is 0.722. The van der Waals surface area contributed by atoms with Gasteiger partial charge in [-0.1, -0.05) is 6.92 Å². The van der Waals surface area contributed by atoms with E-state index < -0.39 is 0 Å². The summed E-state index contributed by atoms with van der Waals surface area (Å²) < 4.78 is 2.30. The van der Waals surface area contributed by atoms with Crippen LogP contribution >= 0.6 is 0 Å². The van der Waals surface area contributed by atoms with Crippen LogP contribution in [0.25, 0.3) is 11.0 Å². The van der Waals surface area contributed by atoms with Crippen LogP contribution in [0.1, 0.15) is 31.6 Å². The van der Waals surface area contributed by atoms with E-state index in [1.165, 1.54) is 18.4 Å². The van der Waals surface area contributed by atoms with Crippen molar-refractivity contribution in [1.82, 2.24) is 14.5 Å². The number of aryl methyl sites for hydroxylation is 1. The second-order valence-electron chi connectivity index (χ2n) is 3.86. The van der Waals surface area contributed by atoms with E-state index in [1.807, 2.05) is 6.20 Å². The van der Waals surface area contributed by atoms with E-state index in [-0.39, 0.29) is 0 Å². The van der Waals surface area contributed by atoms with Crippen LogP contribution in [0.3, 0.4) is 0 Å². The first kappa shape index (κ1) is 7.97. The van der Waals surface area contributed by atoms with Crippen molar-refractivity contribution >= 4 is 11.0 Å². The third-order valence-electron chi connectivity index (χ3n) is 2.78. The average Bonchev–Trinajstić information content (AvgIpc) is 2.98. The number of nitrogens with zero attached hydrogens (tertiary/aromatic N) is 3. The Labute approximate surface area is 82.8 Å². The highest BCUT2D eigenvalue weighted by Gasteiger charge is 2.24. The Balaban J connectivity index is 2.17. The molecule has 2 aromatic heterocycles. The molecule has 0 N–H and O–H groups in total. The van der Waals surface area contributed by atoms with Gasteiger partial charge in [0, 0.05) is 18.7 Å². The molecular formula is C11H13N3. The molecule has 1 aliphatic rings. The molecule has 0 unspecified atom stereocenters. The van der Waals surface area contributed by atoms with Crippen LogP contribution in [-0.4, -0.2) is 14.5 Å². The molecule has 0 amide bonds. The Morgan fingerprint density at radius 1 is 1.50 bits per heavy atom. The van der Waals surface area contributed by atoms with Gasteiger partial charge in [0.25, 0.3) is 0 Å². The smallest absolute Gasteiger partial charge is 0.128 e. The van der Waals surface area contributed by atoms with Crippen LogP contribution in [0.4, 0.5) is 0 Å². The van der Waals surface area contributed by atoms with Crippen LogP contribution < -0.4 is 0 Å². The van der Waals surface area contributed by atoms with Crippen molar-refractivity contribution in [3.8, 4) is 0 Å². The van der Waals surface area contributed by atoms with Crippen LogP contribution in [-0.2, 0) is 6.42 Å². The first-order valence-corrected chi connectivity index (χ1v) is 5.21. The molecule has 0 saturated heterocycles. The molecule has 1 saturated carbocycles. The maximum Gasteiger partial charge on any atom is 0.128 e. The molecule has 0 spiro atoms. The number of hydrogen-bond donors (Lipinski definition) is 0. The molecule has 2 aromatic rings. The van der Waals surface area contributed by atoms with Crippen molar-refractivity contribution in [1.29, 1.82) is 0 Å². The number of fused-ring (bicyclic) bond motifs is 1. The molecule has 0 atom stereocenters. The summed E-state index contributed by atoms with van der Waals surface area (Å²) in [5, 5.41) is 0. The first-order chi connectivity index (χ1) is 6.88. The molecule has 3 rings (SSSR count). The molecule has 3 nitrogen and oxygen atoms in total. The van der Waals surface area contributed by atoms with Gasteiger partial charge < -0.3 is 4.57 Å². The van der Waals surface area contributed by atoms with Crippen molar-refractivity contribution < 1.29 is 0 Å². The zero-order valence-electron chi connectivity index (χ0n) is 8.27. The average molecular weight is 187 g/mol. The van der Waals surface area contributed by atoms with E-state index >= 15 is 0 Å². The van der Waals surface area contributed by atoms with Gasteiger partial charge in [0.05, 0.1) is 17.2 Å². The molecule has 2 heterocycles. The molecule has 0 bridgehead atoms. The van der Waals surface area contributed by atoms with Crippen molar-refractivity contribution in [2.75, 3.05) is 0 Å². The summed E-state index contributed by atoms with van der Waals surface area (Å²) in [5.74, 6) is 0.936. The molecule has 1 fully saturated rings. The molecular weight excluding hydrogens is 174 g/mol. The molecule has 14 heavy (non-hydrogen) atoms. The lowest BCUT2D eigenvalue weighted by Gasteiger charge is -2.01. The summed E-state index contributed by atoms with van der Waals surface area (Å²) in [6.45, 7) is 2.08. The Bertz CT molecular complexity index is 468. The number of rotatable bonds is 2. The fourth-order valence-corrected chi connectivity index (χ4v) is 1.82. The van der Waals surface area contributed by atoms with Gasteiger partial charge in [0.15, 0.2) is 0 Å². The van der Waals surface area contributed by atoms with E-state index in [1.54, 1.807) is 0 Å². The standard InChI is InChI=1S/C11H13N3/c1-2-11-12-7-10-9(13-11)5-6-14(10)8-3-4-8/h5-8H,2-4H2,1H3. The largest absolute Gasteiger partial charge is 0.342 e. The highest BCUT2D eigenvalue weighted by Crippen LogP contribution is 2.37. The van der Waals surface area contributed by atoms with Crippen molar-refractivity contribution in [3.05, 3.63) is 24.3 Å². The van der Waals surface area contributed by atoms with E-state index in [9.17, 15) is 0 Å². The normalized spacial score (nSPS) is 16.4. The summed E-state index contributed by atoms with van der Waals surface area (Å²) in [6.07, 6.45) is 7.61. The van der Waals surface area contributed by atoms with Gasteiger partial charge in [0.1, 0.15) is 5.82 Å². The highest BCUT2D eigenvalue weighted by molar-refractivity contribution is 5.75. The van der Waals surface area contributed by atoms with E-state index in [0.717, 1.165) is 17.8 Å². The Morgan fingerprint density at radius 2 is 2.36 bits per heavy atom. The topological polar surface area (TPSA) is 30.7 Å². The second-order valence-corrected chi connectivity index (χ2v) is 3.86. The van der Waals surface area contributed by atoms with Crippen molar-refractivity contribution in [2.24, 2.45) is 0 Å². The predicted molar refractivity (Wildman–Crippen MR) is 55.2 cm³/mol. The van der Waals surface area contributed by atoms with Gasteiger partial charge in [-0.15, -0.1) is 0 Å². The van der Waals surface area contributed by atoms with Crippen LogP contribution in [0.5, 0.6) is 0 Å². The maximum absolute atomic E-state index is 4.49. The summed E-state index contributed by atoms with van der Waals surface area (Å²) in [6, 6.07) is 2.80. The fraction of sp³-hybridized carbons (Fsp3) is 0.455. The third-order valence-corrected chi connectivity index (χ3v) is 2.78. The van der Waals surface area contributed by atoms with Gasteiger partial charge in [-0.2, -0.15) is 0 Å². The molecule has 72 valence electrons. The minimum Gasteiger partial charge on any atom is -0.342 e.